The molecule has 0 saturated carbocycles. The summed E-state index contributed by atoms with van der Waals surface area (Å²) < 4.78 is 32.7. The van der Waals surface area contributed by atoms with E-state index >= 15 is 0 Å². The van der Waals surface area contributed by atoms with Crippen molar-refractivity contribution < 1.29 is 18.0 Å². The van der Waals surface area contributed by atoms with E-state index < -0.39 is 16.6 Å². The fraction of sp³-hybridized carbons (Fsp3) is 0.760. The van der Waals surface area contributed by atoms with Crippen molar-refractivity contribution in [1.29, 1.82) is 0 Å². The maximum absolute atomic E-state index is 13.5. The van der Waals surface area contributed by atoms with Gasteiger partial charge in [-0.1, -0.05) is 53.7 Å². The molecule has 0 aromatic heterocycles. The molecule has 1 aliphatic heterocycles. The van der Waals surface area contributed by atoms with Crippen LogP contribution in [0.4, 0.5) is 4.39 Å². The summed E-state index contributed by atoms with van der Waals surface area (Å²) in [5.41, 5.74) is 1.10. The summed E-state index contributed by atoms with van der Waals surface area (Å²) in [7, 11) is -3.74. The van der Waals surface area contributed by atoms with E-state index in [1.165, 1.54) is 12.1 Å². The number of benzene rings is 1. The quantitative estimate of drug-likeness (QED) is 0.398. The Morgan fingerprint density at radius 1 is 0.844 bits per heavy atom. The first kappa shape index (κ1) is 27.7. The smallest absolute Gasteiger partial charge is 0.192 e. The minimum absolute atomic E-state index is 0.149. The number of halogens is 1. The highest BCUT2D eigenvalue weighted by molar-refractivity contribution is 6.74. The summed E-state index contributed by atoms with van der Waals surface area (Å²) in [5, 5.41) is 0.324. The fourth-order valence-corrected chi connectivity index (χ4v) is 5.30. The zero-order chi connectivity index (χ0) is 24.4. The van der Waals surface area contributed by atoms with Crippen molar-refractivity contribution in [3.63, 3.8) is 0 Å². The Bertz CT molecular complexity index is 688. The molecule has 184 valence electrons. The molecule has 0 N–H and O–H groups in total. The third-order valence-electron chi connectivity index (χ3n) is 7.72. The van der Waals surface area contributed by atoms with Crippen LogP contribution in [0.2, 0.25) is 36.3 Å². The number of morpholine rings is 1. The Morgan fingerprint density at radius 3 is 1.62 bits per heavy atom. The second kappa shape index (κ2) is 10.4. The molecule has 1 aliphatic rings. The lowest BCUT2D eigenvalue weighted by molar-refractivity contribution is -0.0799. The van der Waals surface area contributed by atoms with Gasteiger partial charge in [0, 0.05) is 6.54 Å². The van der Waals surface area contributed by atoms with Crippen LogP contribution >= 0.6 is 0 Å². The average Bonchev–Trinajstić information content (AvgIpc) is 2.66. The third-order valence-corrected chi connectivity index (χ3v) is 16.7. The van der Waals surface area contributed by atoms with Crippen molar-refractivity contribution in [2.45, 2.75) is 96.4 Å². The summed E-state index contributed by atoms with van der Waals surface area (Å²) in [5.74, 6) is -0.202. The van der Waals surface area contributed by atoms with Gasteiger partial charge in [0.2, 0.25) is 0 Å². The number of hydrogen-bond acceptors (Lipinski definition) is 4. The van der Waals surface area contributed by atoms with Crippen LogP contribution in [-0.4, -0.2) is 60.0 Å². The van der Waals surface area contributed by atoms with Gasteiger partial charge in [0.1, 0.15) is 5.82 Å². The van der Waals surface area contributed by atoms with Gasteiger partial charge in [-0.15, -0.1) is 0 Å². The molecule has 32 heavy (non-hydrogen) atoms. The van der Waals surface area contributed by atoms with E-state index in [-0.39, 0.29) is 28.0 Å². The van der Waals surface area contributed by atoms with Gasteiger partial charge >= 0.3 is 0 Å². The topological polar surface area (TPSA) is 30.9 Å². The summed E-state index contributed by atoms with van der Waals surface area (Å²) in [6.45, 7) is 26.1. The largest absolute Gasteiger partial charge is 0.415 e. The summed E-state index contributed by atoms with van der Waals surface area (Å²) in [6.07, 6.45) is 0. The van der Waals surface area contributed by atoms with Crippen LogP contribution in [0.25, 0.3) is 0 Å². The minimum atomic E-state index is -1.87. The number of nitrogens with zero attached hydrogens (tertiary/aromatic N) is 1. The van der Waals surface area contributed by atoms with Gasteiger partial charge in [-0.2, -0.15) is 0 Å². The number of rotatable bonds is 8. The van der Waals surface area contributed by atoms with Crippen LogP contribution in [0.3, 0.4) is 0 Å². The molecule has 0 spiro atoms. The Hall–Kier alpha value is -0.576. The lowest BCUT2D eigenvalue weighted by Gasteiger charge is -2.45. The minimum Gasteiger partial charge on any atom is -0.415 e. The molecule has 4 nitrogen and oxygen atoms in total. The monoisotopic (exact) mass is 483 g/mol. The predicted octanol–water partition coefficient (Wildman–Crippen LogP) is 6.44. The summed E-state index contributed by atoms with van der Waals surface area (Å²) in [4.78, 5) is 2.47. The highest BCUT2D eigenvalue weighted by Crippen LogP contribution is 2.38. The van der Waals surface area contributed by atoms with Crippen LogP contribution in [0.5, 0.6) is 0 Å². The standard InChI is InChI=1S/C25H46FNO3Si2/c1-24(2,3)31(7,8)29-18-22-16-28-17-23(19-30-32(9,10)25(4,5)6)27(22)15-20-11-13-21(26)14-12-20/h11-14,22-23H,15-19H2,1-10H3/t22-,23-/m1/s1. The van der Waals surface area contributed by atoms with Gasteiger partial charge in [0.15, 0.2) is 16.6 Å². The Labute approximate surface area is 198 Å². The van der Waals surface area contributed by atoms with E-state index in [0.29, 0.717) is 26.4 Å². The highest BCUT2D eigenvalue weighted by Gasteiger charge is 2.41. The van der Waals surface area contributed by atoms with Gasteiger partial charge in [0.05, 0.1) is 38.5 Å². The van der Waals surface area contributed by atoms with Crippen molar-refractivity contribution in [1.82, 2.24) is 4.90 Å². The number of ether oxygens (including phenoxy) is 1. The van der Waals surface area contributed by atoms with E-state index in [9.17, 15) is 4.39 Å². The zero-order valence-corrected chi connectivity index (χ0v) is 24.0. The van der Waals surface area contributed by atoms with Crippen molar-refractivity contribution >= 4 is 16.6 Å². The Balaban J connectivity index is 2.20. The van der Waals surface area contributed by atoms with E-state index in [2.05, 4.69) is 72.6 Å². The van der Waals surface area contributed by atoms with Crippen LogP contribution in [-0.2, 0) is 20.1 Å². The van der Waals surface area contributed by atoms with Crippen molar-refractivity contribution in [3.8, 4) is 0 Å². The molecule has 1 saturated heterocycles. The van der Waals surface area contributed by atoms with E-state index in [1.807, 2.05) is 12.1 Å². The van der Waals surface area contributed by atoms with Crippen molar-refractivity contribution in [2.24, 2.45) is 0 Å². The Morgan fingerprint density at radius 2 is 1.25 bits per heavy atom. The van der Waals surface area contributed by atoms with Crippen molar-refractivity contribution in [2.75, 3.05) is 26.4 Å². The fourth-order valence-electron chi connectivity index (χ4n) is 3.22. The normalized spacial score (nSPS) is 21.7. The van der Waals surface area contributed by atoms with Crippen LogP contribution in [0.15, 0.2) is 24.3 Å². The first-order valence-corrected chi connectivity index (χ1v) is 17.7. The molecule has 1 aromatic carbocycles. The second-order valence-electron chi connectivity index (χ2n) is 12.3. The molecular formula is C25H46FNO3Si2. The molecule has 0 aliphatic carbocycles. The average molecular weight is 484 g/mol. The third kappa shape index (κ3) is 7.21. The molecule has 0 radical (unpaired) electrons. The number of hydrogen-bond donors (Lipinski definition) is 0. The summed E-state index contributed by atoms with van der Waals surface area (Å²) >= 11 is 0. The van der Waals surface area contributed by atoms with E-state index in [4.69, 9.17) is 13.6 Å². The molecule has 1 fully saturated rings. The van der Waals surface area contributed by atoms with E-state index in [0.717, 1.165) is 12.1 Å². The maximum Gasteiger partial charge on any atom is 0.192 e. The molecule has 1 heterocycles. The summed E-state index contributed by atoms with van der Waals surface area (Å²) in [6, 6.07) is 7.13. The molecular weight excluding hydrogens is 437 g/mol. The lowest BCUT2D eigenvalue weighted by Crippen LogP contribution is -2.57. The van der Waals surface area contributed by atoms with Crippen LogP contribution in [0.1, 0.15) is 47.1 Å². The molecule has 0 unspecified atom stereocenters. The van der Waals surface area contributed by atoms with Gasteiger partial charge in [-0.25, -0.2) is 4.39 Å². The molecule has 7 heteroatoms. The lowest BCUT2D eigenvalue weighted by atomic mass is 10.1. The van der Waals surface area contributed by atoms with Crippen LogP contribution < -0.4 is 0 Å². The second-order valence-corrected chi connectivity index (χ2v) is 21.9. The maximum atomic E-state index is 13.5. The van der Waals surface area contributed by atoms with Crippen LogP contribution in [0, 0.1) is 5.82 Å². The zero-order valence-electron chi connectivity index (χ0n) is 22.0. The predicted molar refractivity (Wildman–Crippen MR) is 137 cm³/mol. The molecule has 1 aromatic rings. The first-order chi connectivity index (χ1) is 14.5. The van der Waals surface area contributed by atoms with Gasteiger partial charge in [0.25, 0.3) is 0 Å². The molecule has 0 bridgehead atoms. The van der Waals surface area contributed by atoms with Gasteiger partial charge in [-0.3, -0.25) is 4.90 Å². The van der Waals surface area contributed by atoms with E-state index in [1.54, 1.807) is 0 Å². The Kier molecular flexibility index (Phi) is 8.96. The molecule has 0 amide bonds. The van der Waals surface area contributed by atoms with Crippen molar-refractivity contribution in [3.05, 3.63) is 35.6 Å². The first-order valence-electron chi connectivity index (χ1n) is 11.9. The highest BCUT2D eigenvalue weighted by atomic mass is 28.4. The van der Waals surface area contributed by atoms with Gasteiger partial charge < -0.3 is 13.6 Å². The van der Waals surface area contributed by atoms with Gasteiger partial charge in [-0.05, 0) is 54.0 Å². The molecule has 2 atom stereocenters. The SMILES string of the molecule is CC(C)(C)[Si](C)(C)OC[C@H]1COC[C@H](CO[Si](C)(C)C(C)(C)C)N1Cc1ccc(F)cc1. The molecule has 2 rings (SSSR count).